The minimum absolute atomic E-state index is 0.0620. The number of fused-ring (bicyclic) bond motifs is 1. The number of aromatic nitrogens is 2. The van der Waals surface area contributed by atoms with Crippen LogP contribution in [0, 0.1) is 0 Å². The first-order valence-electron chi connectivity index (χ1n) is 15.3. The molecule has 1 unspecified atom stereocenters. The summed E-state index contributed by atoms with van der Waals surface area (Å²) in [5.74, 6) is -0.628. The Balaban J connectivity index is 1.76. The first-order chi connectivity index (χ1) is 22.4. The molecule has 0 saturated heterocycles. The molecule has 0 aliphatic carbocycles. The van der Waals surface area contributed by atoms with Crippen molar-refractivity contribution in [3.05, 3.63) is 64.7 Å². The maximum atomic E-state index is 13.8. The second-order valence-corrected chi connectivity index (χ2v) is 12.4. The third-order valence-electron chi connectivity index (χ3n) is 7.29. The number of carbonyl (C=O) groups excluding carboxylic acids is 1. The highest BCUT2D eigenvalue weighted by Gasteiger charge is 2.49. The molecule has 0 radical (unpaired) electrons. The van der Waals surface area contributed by atoms with E-state index in [0.717, 1.165) is 11.7 Å². The number of benzene rings is 3. The number of rotatable bonds is 13. The summed E-state index contributed by atoms with van der Waals surface area (Å²) in [7, 11) is 4.42. The van der Waals surface area contributed by atoms with Crippen molar-refractivity contribution in [3.63, 3.8) is 0 Å². The monoisotopic (exact) mass is 664 g/mol. The SMILES string of the molecule is COc1cc(C2(O)OC(=O)C(c3ccc4nsnc4c3)=C2Cc2cc(OC(C)C)c(OC(C)C)c(OC(C)C)c2)cc(OC)c1OC. The third-order valence-corrected chi connectivity index (χ3v) is 7.85. The average molecular weight is 665 g/mol. The summed E-state index contributed by atoms with van der Waals surface area (Å²) in [6, 6.07) is 12.1. The van der Waals surface area contributed by atoms with Gasteiger partial charge in [0.05, 0.1) is 56.9 Å². The Bertz CT molecular complexity index is 1760. The lowest BCUT2D eigenvalue weighted by molar-refractivity contribution is -0.185. The highest BCUT2D eigenvalue weighted by Crippen LogP contribution is 2.50. The molecule has 5 rings (SSSR count). The van der Waals surface area contributed by atoms with Crippen molar-refractivity contribution in [2.24, 2.45) is 0 Å². The van der Waals surface area contributed by atoms with Crippen molar-refractivity contribution in [2.45, 2.75) is 72.1 Å². The second-order valence-electron chi connectivity index (χ2n) is 11.9. The van der Waals surface area contributed by atoms with Crippen LogP contribution < -0.4 is 28.4 Å². The van der Waals surface area contributed by atoms with Crippen LogP contribution in [0.2, 0.25) is 0 Å². The number of esters is 1. The molecule has 1 aliphatic heterocycles. The van der Waals surface area contributed by atoms with Gasteiger partial charge in [0.25, 0.3) is 5.79 Å². The summed E-state index contributed by atoms with van der Waals surface area (Å²) in [6.07, 6.45) is -0.438. The molecule has 2 heterocycles. The van der Waals surface area contributed by atoms with E-state index in [4.69, 9.17) is 33.2 Å². The van der Waals surface area contributed by atoms with Gasteiger partial charge >= 0.3 is 5.97 Å². The number of nitrogens with zero attached hydrogens (tertiary/aromatic N) is 2. The van der Waals surface area contributed by atoms with Crippen molar-refractivity contribution in [2.75, 3.05) is 21.3 Å². The molecule has 3 aromatic carbocycles. The van der Waals surface area contributed by atoms with E-state index in [2.05, 4.69) is 8.75 Å². The zero-order valence-electron chi connectivity index (χ0n) is 28.0. The topological polar surface area (TPSA) is 128 Å². The van der Waals surface area contributed by atoms with E-state index in [-0.39, 0.29) is 52.9 Å². The van der Waals surface area contributed by atoms with Gasteiger partial charge in [-0.2, -0.15) is 8.75 Å². The molecule has 250 valence electrons. The first kappa shape index (κ1) is 33.8. The van der Waals surface area contributed by atoms with Gasteiger partial charge in [-0.15, -0.1) is 0 Å². The van der Waals surface area contributed by atoms with Crippen LogP contribution >= 0.6 is 11.7 Å². The van der Waals surface area contributed by atoms with Gasteiger partial charge in [0, 0.05) is 17.6 Å². The van der Waals surface area contributed by atoms with Crippen molar-refractivity contribution >= 4 is 34.3 Å². The molecular weight excluding hydrogens is 624 g/mol. The van der Waals surface area contributed by atoms with E-state index in [1.807, 2.05) is 53.7 Å². The summed E-state index contributed by atoms with van der Waals surface area (Å²) in [5.41, 5.74) is 3.19. The molecule has 0 fully saturated rings. The van der Waals surface area contributed by atoms with Crippen LogP contribution in [-0.2, 0) is 21.7 Å². The maximum Gasteiger partial charge on any atom is 0.342 e. The number of cyclic esters (lactones) is 1. The number of carbonyl (C=O) groups is 1. The van der Waals surface area contributed by atoms with Crippen LogP contribution in [0.5, 0.6) is 34.5 Å². The van der Waals surface area contributed by atoms with Gasteiger partial charge in [0.15, 0.2) is 23.0 Å². The zero-order valence-corrected chi connectivity index (χ0v) is 28.8. The minimum atomic E-state index is -2.22. The van der Waals surface area contributed by atoms with Crippen LogP contribution in [0.1, 0.15) is 58.2 Å². The van der Waals surface area contributed by atoms with Crippen molar-refractivity contribution in [1.82, 2.24) is 8.75 Å². The predicted octanol–water partition coefficient (Wildman–Crippen LogP) is 6.48. The summed E-state index contributed by atoms with van der Waals surface area (Å²) in [5, 5.41) is 12.5. The molecule has 0 bridgehead atoms. The largest absolute Gasteiger partial charge is 0.493 e. The van der Waals surface area contributed by atoms with Gasteiger partial charge in [0.2, 0.25) is 11.5 Å². The van der Waals surface area contributed by atoms with Gasteiger partial charge in [-0.1, -0.05) is 6.07 Å². The normalized spacial score (nSPS) is 16.3. The van der Waals surface area contributed by atoms with Gasteiger partial charge in [-0.25, -0.2) is 4.79 Å². The fourth-order valence-electron chi connectivity index (χ4n) is 5.46. The van der Waals surface area contributed by atoms with Gasteiger partial charge < -0.3 is 38.3 Å². The van der Waals surface area contributed by atoms with Crippen molar-refractivity contribution in [1.29, 1.82) is 0 Å². The minimum Gasteiger partial charge on any atom is -0.493 e. The molecule has 11 nitrogen and oxygen atoms in total. The summed E-state index contributed by atoms with van der Waals surface area (Å²) in [6.45, 7) is 11.5. The Morgan fingerprint density at radius 1 is 0.745 bits per heavy atom. The van der Waals surface area contributed by atoms with E-state index < -0.39 is 11.8 Å². The van der Waals surface area contributed by atoms with Gasteiger partial charge in [0.1, 0.15) is 11.0 Å². The smallest absolute Gasteiger partial charge is 0.342 e. The fraction of sp³-hybridized carbons (Fsp3) is 0.400. The quantitative estimate of drug-likeness (QED) is 0.158. The second kappa shape index (κ2) is 13.7. The molecule has 1 aliphatic rings. The third kappa shape index (κ3) is 6.79. The van der Waals surface area contributed by atoms with Crippen LogP contribution in [0.3, 0.4) is 0 Å². The number of methoxy groups -OCH3 is 3. The molecular formula is C35H40N2O9S. The molecule has 1 aromatic heterocycles. The van der Waals surface area contributed by atoms with Crippen LogP contribution in [0.25, 0.3) is 16.6 Å². The Morgan fingerprint density at radius 2 is 1.32 bits per heavy atom. The lowest BCUT2D eigenvalue weighted by Crippen LogP contribution is -2.30. The molecule has 1 N–H and O–H groups in total. The molecule has 1 atom stereocenters. The summed E-state index contributed by atoms with van der Waals surface area (Å²) in [4.78, 5) is 13.8. The molecule has 12 heteroatoms. The number of hydrogen-bond donors (Lipinski definition) is 1. The van der Waals surface area contributed by atoms with Crippen LogP contribution in [0.15, 0.2) is 48.0 Å². The highest BCUT2D eigenvalue weighted by atomic mass is 32.1. The van der Waals surface area contributed by atoms with E-state index in [0.29, 0.717) is 45.2 Å². The van der Waals surface area contributed by atoms with E-state index >= 15 is 0 Å². The first-order valence-corrected chi connectivity index (χ1v) is 16.0. The number of ether oxygens (including phenoxy) is 7. The van der Waals surface area contributed by atoms with Crippen molar-refractivity contribution in [3.8, 4) is 34.5 Å². The average Bonchev–Trinajstić information content (AvgIpc) is 3.58. The Kier molecular flexibility index (Phi) is 9.83. The Labute approximate surface area is 278 Å². The molecule has 47 heavy (non-hydrogen) atoms. The summed E-state index contributed by atoms with van der Waals surface area (Å²) >= 11 is 1.07. The lowest BCUT2D eigenvalue weighted by Gasteiger charge is -2.28. The van der Waals surface area contributed by atoms with E-state index in [1.54, 1.807) is 30.3 Å². The number of hydrogen-bond acceptors (Lipinski definition) is 12. The predicted molar refractivity (Wildman–Crippen MR) is 178 cm³/mol. The van der Waals surface area contributed by atoms with Gasteiger partial charge in [-0.3, -0.25) is 0 Å². The van der Waals surface area contributed by atoms with E-state index in [1.165, 1.54) is 21.3 Å². The molecule has 0 amide bonds. The Hall–Kier alpha value is -4.55. The van der Waals surface area contributed by atoms with Crippen LogP contribution in [0.4, 0.5) is 0 Å². The zero-order chi connectivity index (χ0) is 34.0. The number of aliphatic hydroxyl groups is 1. The molecule has 0 saturated carbocycles. The maximum absolute atomic E-state index is 13.8. The molecule has 4 aromatic rings. The van der Waals surface area contributed by atoms with Crippen LogP contribution in [-0.4, -0.2) is 59.5 Å². The Morgan fingerprint density at radius 3 is 1.85 bits per heavy atom. The lowest BCUT2D eigenvalue weighted by atomic mass is 9.87. The van der Waals surface area contributed by atoms with E-state index in [9.17, 15) is 9.90 Å². The summed E-state index contributed by atoms with van der Waals surface area (Å²) < 4.78 is 49.8. The highest BCUT2D eigenvalue weighted by molar-refractivity contribution is 7.00. The standard InChI is InChI=1S/C35H40N2O9S/c1-18(2)43-29-13-21(14-30(44-19(3)4)33(29)45-20(5)6)12-24-31(22-10-11-25-26(15-22)37-47-36-25)34(38)46-35(24,39)23-16-27(40-7)32(42-9)28(17-23)41-8/h10-11,13-20,39H,12H2,1-9H3. The van der Waals surface area contributed by atoms with Crippen molar-refractivity contribution < 1.29 is 43.1 Å². The molecule has 0 spiro atoms. The fourth-order valence-corrected chi connectivity index (χ4v) is 5.98. The van der Waals surface area contributed by atoms with Gasteiger partial charge in [-0.05, 0) is 89.1 Å².